The van der Waals surface area contributed by atoms with Gasteiger partial charge in [-0.3, -0.25) is 4.79 Å². The Labute approximate surface area is 191 Å². The van der Waals surface area contributed by atoms with E-state index in [4.69, 9.17) is 9.72 Å². The highest BCUT2D eigenvalue weighted by Gasteiger charge is 2.22. The Balaban J connectivity index is 1.76. The summed E-state index contributed by atoms with van der Waals surface area (Å²) in [7, 11) is 1.68. The number of imidazole rings is 1. The summed E-state index contributed by atoms with van der Waals surface area (Å²) in [6.45, 7) is 1.18. The lowest BCUT2D eigenvalue weighted by Gasteiger charge is -2.22. The number of benzene rings is 1. The monoisotopic (exact) mass is 454 g/mol. The molecule has 2 heterocycles. The molecule has 1 saturated carbocycles. The van der Waals surface area contributed by atoms with Crippen molar-refractivity contribution in [1.29, 1.82) is 0 Å². The zero-order chi connectivity index (χ0) is 22.5. The number of halogens is 1. The molecule has 1 atom stereocenters. The second-order valence-electron chi connectivity index (χ2n) is 7.85. The summed E-state index contributed by atoms with van der Waals surface area (Å²) >= 11 is 1.56. The molecule has 168 valence electrons. The molecule has 6 nitrogen and oxygen atoms in total. The van der Waals surface area contributed by atoms with Crippen LogP contribution in [0.4, 0.5) is 10.2 Å². The van der Waals surface area contributed by atoms with Crippen molar-refractivity contribution in [3.8, 4) is 22.5 Å². The van der Waals surface area contributed by atoms with Gasteiger partial charge < -0.3 is 14.6 Å². The van der Waals surface area contributed by atoms with Gasteiger partial charge in [-0.2, -0.15) is 0 Å². The number of nitrogens with zero attached hydrogens (tertiary/aromatic N) is 3. The summed E-state index contributed by atoms with van der Waals surface area (Å²) in [6, 6.07) is 10.5. The summed E-state index contributed by atoms with van der Waals surface area (Å²) in [6.07, 6.45) is 6.83. The summed E-state index contributed by atoms with van der Waals surface area (Å²) in [5, 5.41) is 4.29. The molecule has 1 aliphatic carbocycles. The van der Waals surface area contributed by atoms with E-state index in [1.807, 2.05) is 18.4 Å². The molecule has 1 unspecified atom stereocenters. The molecule has 3 aromatic rings. The zero-order valence-electron chi connectivity index (χ0n) is 18.3. The average molecular weight is 455 g/mol. The number of ether oxygens (including phenoxy) is 1. The maximum Gasteiger partial charge on any atom is 0.168 e. The summed E-state index contributed by atoms with van der Waals surface area (Å²) in [5.41, 5.74) is 3.52. The number of aromatic nitrogens is 3. The van der Waals surface area contributed by atoms with Crippen LogP contribution >= 0.6 is 11.8 Å². The van der Waals surface area contributed by atoms with E-state index in [9.17, 15) is 9.18 Å². The zero-order valence-corrected chi connectivity index (χ0v) is 19.1. The lowest BCUT2D eigenvalue weighted by atomic mass is 9.94. The molecule has 0 aliphatic heterocycles. The van der Waals surface area contributed by atoms with Gasteiger partial charge in [0.2, 0.25) is 0 Å². The lowest BCUT2D eigenvalue weighted by molar-refractivity contribution is -0.120. The van der Waals surface area contributed by atoms with Crippen LogP contribution in [-0.2, 0) is 16.1 Å². The van der Waals surface area contributed by atoms with E-state index in [1.165, 1.54) is 12.1 Å². The first-order chi connectivity index (χ1) is 15.6. The molecule has 1 N–H and O–H groups in total. The highest BCUT2D eigenvalue weighted by molar-refractivity contribution is 7.98. The van der Waals surface area contributed by atoms with Gasteiger partial charge in [0.15, 0.2) is 5.16 Å². The van der Waals surface area contributed by atoms with E-state index in [2.05, 4.69) is 14.9 Å². The SMILES string of the molecule is COCCn1c(SC)nc(-c2ccc(F)cc2)c1-c1ccnc(NC2CCCC(=O)C2)c1. The van der Waals surface area contributed by atoms with E-state index >= 15 is 0 Å². The van der Waals surface area contributed by atoms with Crippen LogP contribution in [0.2, 0.25) is 0 Å². The van der Waals surface area contributed by atoms with Crippen LogP contribution < -0.4 is 5.32 Å². The standard InChI is InChI=1S/C24H27FN4O2S/c1-31-13-12-29-23(22(28-24(29)32-2)16-6-8-18(25)9-7-16)17-10-11-26-21(14-17)27-19-4-3-5-20(30)15-19/h6-11,14,19H,3-5,12-13,15H2,1-2H3,(H,26,27). The van der Waals surface area contributed by atoms with Crippen LogP contribution in [0.3, 0.4) is 0 Å². The van der Waals surface area contributed by atoms with Crippen molar-refractivity contribution in [2.24, 2.45) is 0 Å². The Morgan fingerprint density at radius 3 is 2.78 bits per heavy atom. The number of thioether (sulfide) groups is 1. The number of methoxy groups -OCH3 is 1. The molecule has 32 heavy (non-hydrogen) atoms. The van der Waals surface area contributed by atoms with Crippen LogP contribution in [0.5, 0.6) is 0 Å². The van der Waals surface area contributed by atoms with Gasteiger partial charge in [0.25, 0.3) is 0 Å². The fourth-order valence-corrected chi connectivity index (χ4v) is 4.68. The highest BCUT2D eigenvalue weighted by Crippen LogP contribution is 2.36. The van der Waals surface area contributed by atoms with Gasteiger partial charge in [0.1, 0.15) is 17.4 Å². The number of Topliss-reactive ketones (excluding diaryl/α,β-unsaturated/α-hetero) is 1. The molecular weight excluding hydrogens is 427 g/mol. The van der Waals surface area contributed by atoms with Gasteiger partial charge in [-0.05, 0) is 55.5 Å². The van der Waals surface area contributed by atoms with Gasteiger partial charge in [-0.25, -0.2) is 14.4 Å². The third-order valence-corrected chi connectivity index (χ3v) is 6.30. The maximum atomic E-state index is 13.6. The van der Waals surface area contributed by atoms with Crippen molar-refractivity contribution in [3.63, 3.8) is 0 Å². The molecule has 4 rings (SSSR count). The smallest absolute Gasteiger partial charge is 0.168 e. The number of carbonyl (C=O) groups is 1. The normalized spacial score (nSPS) is 16.3. The van der Waals surface area contributed by atoms with Crippen molar-refractivity contribution in [2.75, 3.05) is 25.3 Å². The van der Waals surface area contributed by atoms with Crippen LogP contribution in [0, 0.1) is 5.82 Å². The molecule has 1 aromatic carbocycles. The van der Waals surface area contributed by atoms with Gasteiger partial charge in [-0.1, -0.05) is 11.8 Å². The van der Waals surface area contributed by atoms with Crippen LogP contribution in [-0.4, -0.2) is 46.3 Å². The number of anilines is 1. The van der Waals surface area contributed by atoms with Crippen molar-refractivity contribution < 1.29 is 13.9 Å². The average Bonchev–Trinajstić information content (AvgIpc) is 3.17. The first kappa shape index (κ1) is 22.5. The topological polar surface area (TPSA) is 69.0 Å². The van der Waals surface area contributed by atoms with Gasteiger partial charge >= 0.3 is 0 Å². The third kappa shape index (κ3) is 5.02. The van der Waals surface area contributed by atoms with Crippen molar-refractivity contribution in [3.05, 3.63) is 48.4 Å². The molecule has 1 aliphatic rings. The Kier molecular flexibility index (Phi) is 7.22. The predicted molar refractivity (Wildman–Crippen MR) is 125 cm³/mol. The highest BCUT2D eigenvalue weighted by atomic mass is 32.2. The van der Waals surface area contributed by atoms with Crippen LogP contribution in [0.1, 0.15) is 25.7 Å². The number of carbonyl (C=O) groups excluding carboxylic acids is 1. The maximum absolute atomic E-state index is 13.6. The summed E-state index contributed by atoms with van der Waals surface area (Å²) in [4.78, 5) is 21.2. The number of nitrogens with one attached hydrogen (secondary N) is 1. The molecule has 0 spiro atoms. The van der Waals surface area contributed by atoms with E-state index < -0.39 is 0 Å². The van der Waals surface area contributed by atoms with E-state index in [0.29, 0.717) is 31.8 Å². The van der Waals surface area contributed by atoms with Crippen molar-refractivity contribution in [2.45, 2.75) is 43.4 Å². The van der Waals surface area contributed by atoms with Crippen LogP contribution in [0.25, 0.3) is 22.5 Å². The van der Waals surface area contributed by atoms with Gasteiger partial charge in [-0.15, -0.1) is 0 Å². The molecular formula is C24H27FN4O2S. The molecule has 0 amide bonds. The molecule has 8 heteroatoms. The Bertz CT molecular complexity index is 1080. The Morgan fingerprint density at radius 1 is 1.25 bits per heavy atom. The fraction of sp³-hybridized carbons (Fsp3) is 0.375. The minimum atomic E-state index is -0.281. The quantitative estimate of drug-likeness (QED) is 0.481. The molecule has 0 radical (unpaired) electrons. The largest absolute Gasteiger partial charge is 0.383 e. The number of rotatable bonds is 8. The number of pyridine rings is 1. The minimum Gasteiger partial charge on any atom is -0.383 e. The van der Waals surface area contributed by atoms with Gasteiger partial charge in [0, 0.05) is 49.9 Å². The van der Waals surface area contributed by atoms with E-state index in [-0.39, 0.29) is 11.9 Å². The number of hydrogen-bond donors (Lipinski definition) is 1. The van der Waals surface area contributed by atoms with Gasteiger partial charge in [0.05, 0.1) is 18.0 Å². The molecule has 2 aromatic heterocycles. The van der Waals surface area contributed by atoms with E-state index in [0.717, 1.165) is 46.3 Å². The first-order valence-corrected chi connectivity index (χ1v) is 12.0. The molecule has 0 bridgehead atoms. The van der Waals surface area contributed by atoms with E-state index in [1.54, 1.807) is 37.2 Å². The van der Waals surface area contributed by atoms with Crippen LogP contribution in [0.15, 0.2) is 47.8 Å². The van der Waals surface area contributed by atoms with Crippen molar-refractivity contribution >= 4 is 23.4 Å². The number of hydrogen-bond acceptors (Lipinski definition) is 6. The first-order valence-electron chi connectivity index (χ1n) is 10.7. The van der Waals surface area contributed by atoms with Crippen molar-refractivity contribution in [1.82, 2.24) is 14.5 Å². The lowest BCUT2D eigenvalue weighted by Crippen LogP contribution is -2.27. The third-order valence-electron chi connectivity index (χ3n) is 5.62. The minimum absolute atomic E-state index is 0.107. The molecule has 1 fully saturated rings. The summed E-state index contributed by atoms with van der Waals surface area (Å²) < 4.78 is 21.0. The molecule has 0 saturated heterocycles. The predicted octanol–water partition coefficient (Wildman–Crippen LogP) is 5.04. The fourth-order valence-electron chi connectivity index (χ4n) is 4.09. The Hall–Kier alpha value is -2.71. The second kappa shape index (κ2) is 10.3. The second-order valence-corrected chi connectivity index (χ2v) is 8.63. The number of ketones is 1. The Morgan fingerprint density at radius 2 is 2.06 bits per heavy atom. The summed E-state index contributed by atoms with van der Waals surface area (Å²) in [5.74, 6) is 0.750.